The average Bonchev–Trinajstić information content (AvgIpc) is 2.60. The molecule has 0 saturated carbocycles. The molecule has 0 aliphatic carbocycles. The minimum Gasteiger partial charge on any atom is -0.355 e. The number of piperidine rings is 1. The van der Waals surface area contributed by atoms with Gasteiger partial charge in [0.25, 0.3) is 5.91 Å². The lowest BCUT2D eigenvalue weighted by Crippen LogP contribution is -2.30. The van der Waals surface area contributed by atoms with Crippen LogP contribution in [0.15, 0.2) is 24.3 Å². The molecule has 0 atom stereocenters. The van der Waals surface area contributed by atoms with Gasteiger partial charge < -0.3 is 15.5 Å². The predicted molar refractivity (Wildman–Crippen MR) is 91.1 cm³/mol. The first-order valence-electron chi connectivity index (χ1n) is 8.36. The van der Waals surface area contributed by atoms with Crippen molar-refractivity contribution in [1.29, 1.82) is 0 Å². The van der Waals surface area contributed by atoms with Crippen LogP contribution in [-0.2, 0) is 11.3 Å². The van der Waals surface area contributed by atoms with Crippen molar-refractivity contribution in [1.82, 2.24) is 15.5 Å². The van der Waals surface area contributed by atoms with Crippen LogP contribution in [0, 0.1) is 5.92 Å². The van der Waals surface area contributed by atoms with Gasteiger partial charge in [-0.1, -0.05) is 12.1 Å². The van der Waals surface area contributed by atoms with Gasteiger partial charge in [-0.2, -0.15) is 0 Å². The van der Waals surface area contributed by atoms with Crippen molar-refractivity contribution in [3.8, 4) is 0 Å². The van der Waals surface area contributed by atoms with Crippen LogP contribution < -0.4 is 10.6 Å². The van der Waals surface area contributed by atoms with Gasteiger partial charge in [0.2, 0.25) is 5.91 Å². The van der Waals surface area contributed by atoms with E-state index in [0.717, 1.165) is 25.1 Å². The van der Waals surface area contributed by atoms with E-state index in [1.165, 1.54) is 12.8 Å². The van der Waals surface area contributed by atoms with Gasteiger partial charge in [0.1, 0.15) is 0 Å². The van der Waals surface area contributed by atoms with Gasteiger partial charge in [0.15, 0.2) is 0 Å². The predicted octanol–water partition coefficient (Wildman–Crippen LogP) is 1.78. The lowest BCUT2D eigenvalue weighted by atomic mass is 9.93. The third kappa shape index (κ3) is 5.36. The van der Waals surface area contributed by atoms with Crippen LogP contribution in [0.5, 0.6) is 0 Å². The minimum atomic E-state index is -0.0945. The molecule has 1 aromatic carbocycles. The molecule has 1 fully saturated rings. The molecule has 0 aromatic heterocycles. The lowest BCUT2D eigenvalue weighted by Gasteiger charge is -2.23. The molecule has 0 spiro atoms. The van der Waals surface area contributed by atoms with Crippen molar-refractivity contribution in [2.45, 2.75) is 32.2 Å². The molecule has 23 heavy (non-hydrogen) atoms. The summed E-state index contributed by atoms with van der Waals surface area (Å²) in [5.41, 5.74) is 1.67. The number of carbonyl (C=O) groups excluding carboxylic acids is 2. The largest absolute Gasteiger partial charge is 0.355 e. The van der Waals surface area contributed by atoms with Crippen LogP contribution in [0.25, 0.3) is 0 Å². The number of rotatable bonds is 6. The maximum absolute atomic E-state index is 12.3. The van der Waals surface area contributed by atoms with Gasteiger partial charge in [-0.15, -0.1) is 0 Å². The number of carbonyl (C=O) groups is 2. The fraction of sp³-hybridized carbons (Fsp3) is 0.556. The summed E-state index contributed by atoms with van der Waals surface area (Å²) in [5.74, 6) is 0.780. The van der Waals surface area contributed by atoms with Crippen LogP contribution in [0.3, 0.4) is 0 Å². The molecule has 0 unspecified atom stereocenters. The SMILES string of the molecule is CNC(=O)c1ccc(CN(C)C(=O)CCC2CCNCC2)cc1. The zero-order valence-corrected chi connectivity index (χ0v) is 14.1. The highest BCUT2D eigenvalue weighted by atomic mass is 16.2. The van der Waals surface area contributed by atoms with E-state index in [-0.39, 0.29) is 11.8 Å². The van der Waals surface area contributed by atoms with E-state index in [1.807, 2.05) is 19.2 Å². The Hall–Kier alpha value is -1.88. The average molecular weight is 317 g/mol. The van der Waals surface area contributed by atoms with E-state index in [2.05, 4.69) is 10.6 Å². The second kappa shape index (κ2) is 8.67. The standard InChI is InChI=1S/C18H27N3O2/c1-19-18(23)16-6-3-15(4-7-16)13-21(2)17(22)8-5-14-9-11-20-12-10-14/h3-4,6-7,14,20H,5,8-13H2,1-2H3,(H,19,23). The summed E-state index contributed by atoms with van der Waals surface area (Å²) < 4.78 is 0. The van der Waals surface area contributed by atoms with Crippen LogP contribution in [0.1, 0.15) is 41.6 Å². The molecule has 1 heterocycles. The van der Waals surface area contributed by atoms with Crippen molar-refractivity contribution >= 4 is 11.8 Å². The molecular formula is C18H27N3O2. The van der Waals surface area contributed by atoms with E-state index in [4.69, 9.17) is 0 Å². The zero-order chi connectivity index (χ0) is 16.7. The minimum absolute atomic E-state index is 0.0945. The molecule has 0 bridgehead atoms. The topological polar surface area (TPSA) is 61.4 Å². The summed E-state index contributed by atoms with van der Waals surface area (Å²) in [6.45, 7) is 2.73. The number of benzene rings is 1. The Morgan fingerprint density at radius 3 is 2.48 bits per heavy atom. The summed E-state index contributed by atoms with van der Waals surface area (Å²) >= 11 is 0. The maximum Gasteiger partial charge on any atom is 0.251 e. The Balaban J connectivity index is 1.79. The quantitative estimate of drug-likeness (QED) is 0.841. The Bertz CT molecular complexity index is 522. The summed E-state index contributed by atoms with van der Waals surface area (Å²) in [5, 5.41) is 5.95. The zero-order valence-electron chi connectivity index (χ0n) is 14.1. The Kier molecular flexibility index (Phi) is 6.59. The fourth-order valence-electron chi connectivity index (χ4n) is 2.96. The van der Waals surface area contributed by atoms with E-state index < -0.39 is 0 Å². The number of nitrogens with zero attached hydrogens (tertiary/aromatic N) is 1. The lowest BCUT2D eigenvalue weighted by molar-refractivity contribution is -0.130. The van der Waals surface area contributed by atoms with Gasteiger partial charge in [-0.05, 0) is 56.0 Å². The third-order valence-corrected chi connectivity index (χ3v) is 4.51. The molecule has 1 aromatic rings. The Labute approximate surface area is 138 Å². The first-order valence-corrected chi connectivity index (χ1v) is 8.36. The van der Waals surface area contributed by atoms with Crippen LogP contribution in [-0.4, -0.2) is 43.9 Å². The number of nitrogens with one attached hydrogen (secondary N) is 2. The van der Waals surface area contributed by atoms with Crippen molar-refractivity contribution in [2.75, 3.05) is 27.2 Å². The fourth-order valence-corrected chi connectivity index (χ4v) is 2.96. The monoisotopic (exact) mass is 317 g/mol. The van der Waals surface area contributed by atoms with Gasteiger partial charge in [0.05, 0.1) is 0 Å². The normalized spacial score (nSPS) is 15.2. The van der Waals surface area contributed by atoms with Gasteiger partial charge in [0, 0.05) is 32.6 Å². The van der Waals surface area contributed by atoms with Crippen molar-refractivity contribution in [3.05, 3.63) is 35.4 Å². The number of hydrogen-bond donors (Lipinski definition) is 2. The molecule has 1 aliphatic rings. The van der Waals surface area contributed by atoms with Crippen molar-refractivity contribution in [3.63, 3.8) is 0 Å². The summed E-state index contributed by atoms with van der Waals surface area (Å²) in [6, 6.07) is 7.39. The first kappa shape index (κ1) is 17.5. The molecule has 5 heteroatoms. The van der Waals surface area contributed by atoms with E-state index >= 15 is 0 Å². The molecule has 0 radical (unpaired) electrons. The van der Waals surface area contributed by atoms with Crippen LogP contribution >= 0.6 is 0 Å². The Morgan fingerprint density at radius 1 is 1.22 bits per heavy atom. The van der Waals surface area contributed by atoms with Gasteiger partial charge >= 0.3 is 0 Å². The highest BCUT2D eigenvalue weighted by molar-refractivity contribution is 5.93. The molecular weight excluding hydrogens is 290 g/mol. The van der Waals surface area contributed by atoms with E-state index in [0.29, 0.717) is 24.4 Å². The second-order valence-corrected chi connectivity index (χ2v) is 6.26. The molecule has 2 rings (SSSR count). The highest BCUT2D eigenvalue weighted by Crippen LogP contribution is 2.18. The van der Waals surface area contributed by atoms with Crippen molar-refractivity contribution < 1.29 is 9.59 Å². The van der Waals surface area contributed by atoms with Crippen molar-refractivity contribution in [2.24, 2.45) is 5.92 Å². The third-order valence-electron chi connectivity index (χ3n) is 4.51. The first-order chi connectivity index (χ1) is 11.1. The summed E-state index contributed by atoms with van der Waals surface area (Å²) in [7, 11) is 3.46. The smallest absolute Gasteiger partial charge is 0.251 e. The summed E-state index contributed by atoms with van der Waals surface area (Å²) in [4.78, 5) is 25.5. The number of amides is 2. The van der Waals surface area contributed by atoms with Crippen LogP contribution in [0.4, 0.5) is 0 Å². The van der Waals surface area contributed by atoms with Gasteiger partial charge in [-0.3, -0.25) is 9.59 Å². The molecule has 1 aliphatic heterocycles. The number of hydrogen-bond acceptors (Lipinski definition) is 3. The highest BCUT2D eigenvalue weighted by Gasteiger charge is 2.16. The molecule has 2 N–H and O–H groups in total. The van der Waals surface area contributed by atoms with Gasteiger partial charge in [-0.25, -0.2) is 0 Å². The van der Waals surface area contributed by atoms with Crippen LogP contribution in [0.2, 0.25) is 0 Å². The Morgan fingerprint density at radius 2 is 1.87 bits per heavy atom. The molecule has 126 valence electrons. The maximum atomic E-state index is 12.3. The second-order valence-electron chi connectivity index (χ2n) is 6.26. The molecule has 2 amide bonds. The van der Waals surface area contributed by atoms with E-state index in [9.17, 15) is 9.59 Å². The summed E-state index contributed by atoms with van der Waals surface area (Å²) in [6.07, 6.45) is 3.97. The molecule has 5 nitrogen and oxygen atoms in total. The van der Waals surface area contributed by atoms with E-state index in [1.54, 1.807) is 24.1 Å². The molecule has 1 saturated heterocycles.